The van der Waals surface area contributed by atoms with Gasteiger partial charge in [-0.3, -0.25) is 14.4 Å². The Bertz CT molecular complexity index is 836. The van der Waals surface area contributed by atoms with E-state index < -0.39 is 11.9 Å². The van der Waals surface area contributed by atoms with Crippen molar-refractivity contribution >= 4 is 17.8 Å². The van der Waals surface area contributed by atoms with Crippen molar-refractivity contribution in [2.75, 3.05) is 13.2 Å². The number of rotatable bonds is 12. The lowest BCUT2D eigenvalue weighted by atomic mass is 9.93. The number of esters is 2. The number of hydrogen-bond donors (Lipinski definition) is 1. The maximum atomic E-state index is 12.4. The van der Waals surface area contributed by atoms with Crippen LogP contribution < -0.4 is 5.32 Å². The minimum Gasteiger partial charge on any atom is -0.466 e. The molecule has 34 heavy (non-hydrogen) atoms. The molecule has 0 aromatic heterocycles. The van der Waals surface area contributed by atoms with Gasteiger partial charge in [0, 0.05) is 5.92 Å². The van der Waals surface area contributed by atoms with Crippen LogP contribution in [-0.4, -0.2) is 31.0 Å². The third kappa shape index (κ3) is 14.1. The molecule has 6 heteroatoms. The number of amides is 1. The Balaban J connectivity index is 0.000000700. The maximum absolute atomic E-state index is 12.4. The third-order valence-electron chi connectivity index (χ3n) is 4.89. The zero-order valence-electron chi connectivity index (χ0n) is 20.9. The summed E-state index contributed by atoms with van der Waals surface area (Å²) in [6.45, 7) is 8.38. The molecule has 0 saturated heterocycles. The van der Waals surface area contributed by atoms with Crippen LogP contribution in [0, 0.1) is 18.8 Å². The van der Waals surface area contributed by atoms with E-state index in [1.165, 1.54) is 5.56 Å². The van der Waals surface area contributed by atoms with E-state index in [4.69, 9.17) is 9.47 Å². The first-order chi connectivity index (χ1) is 16.3. The van der Waals surface area contributed by atoms with Crippen molar-refractivity contribution in [3.8, 4) is 0 Å². The van der Waals surface area contributed by atoms with Crippen LogP contribution in [0.15, 0.2) is 60.7 Å². The van der Waals surface area contributed by atoms with E-state index in [0.29, 0.717) is 13.0 Å². The monoisotopic (exact) mass is 469 g/mol. The Morgan fingerprint density at radius 1 is 0.882 bits per heavy atom. The lowest BCUT2D eigenvalue weighted by molar-refractivity contribution is -0.148. The lowest BCUT2D eigenvalue weighted by Crippen LogP contribution is -2.37. The SMILES string of the molecule is CCCCOC(=O)CC(CC(C)C)C(=O)NCC(=O)OCc1ccccc1.Cc1ccccc1. The van der Waals surface area contributed by atoms with Gasteiger partial charge in [0.15, 0.2) is 0 Å². The number of benzene rings is 2. The number of hydrogen-bond acceptors (Lipinski definition) is 5. The Morgan fingerprint density at radius 2 is 1.50 bits per heavy atom. The van der Waals surface area contributed by atoms with Crippen LogP contribution >= 0.6 is 0 Å². The van der Waals surface area contributed by atoms with Crippen molar-refractivity contribution in [1.29, 1.82) is 0 Å². The maximum Gasteiger partial charge on any atom is 0.325 e. The van der Waals surface area contributed by atoms with Crippen LogP contribution in [0.25, 0.3) is 0 Å². The van der Waals surface area contributed by atoms with Crippen LogP contribution in [0.5, 0.6) is 0 Å². The van der Waals surface area contributed by atoms with E-state index in [-0.39, 0.29) is 37.4 Å². The van der Waals surface area contributed by atoms with E-state index >= 15 is 0 Å². The molecule has 2 aromatic carbocycles. The molecule has 0 fully saturated rings. The van der Waals surface area contributed by atoms with Crippen molar-refractivity contribution in [3.05, 3.63) is 71.8 Å². The van der Waals surface area contributed by atoms with Gasteiger partial charge in [-0.2, -0.15) is 0 Å². The van der Waals surface area contributed by atoms with Crippen molar-refractivity contribution in [3.63, 3.8) is 0 Å². The van der Waals surface area contributed by atoms with Crippen molar-refractivity contribution < 1.29 is 23.9 Å². The van der Waals surface area contributed by atoms with Crippen molar-refractivity contribution in [1.82, 2.24) is 5.32 Å². The summed E-state index contributed by atoms with van der Waals surface area (Å²) in [5.74, 6) is -1.49. The largest absolute Gasteiger partial charge is 0.466 e. The zero-order chi connectivity index (χ0) is 25.2. The highest BCUT2D eigenvalue weighted by Crippen LogP contribution is 2.17. The standard InChI is InChI=1S/C21H31NO5.C7H8/c1-4-5-11-26-19(23)13-18(12-16(2)3)21(25)22-14-20(24)27-15-17-9-7-6-8-10-17;1-7-5-3-2-4-6-7/h6-10,16,18H,4-5,11-15H2,1-3H3,(H,22,25);2-6H,1H3. The quantitative estimate of drug-likeness (QED) is 0.340. The molecule has 6 nitrogen and oxygen atoms in total. The highest BCUT2D eigenvalue weighted by atomic mass is 16.5. The van der Waals surface area contributed by atoms with Crippen LogP contribution in [-0.2, 0) is 30.5 Å². The van der Waals surface area contributed by atoms with Gasteiger partial charge in [-0.1, -0.05) is 93.4 Å². The average Bonchev–Trinajstić information content (AvgIpc) is 2.82. The van der Waals surface area contributed by atoms with E-state index in [9.17, 15) is 14.4 Å². The van der Waals surface area contributed by atoms with Crippen molar-refractivity contribution in [2.45, 2.75) is 60.0 Å². The van der Waals surface area contributed by atoms with Gasteiger partial charge in [0.1, 0.15) is 13.2 Å². The summed E-state index contributed by atoms with van der Waals surface area (Å²) in [7, 11) is 0. The summed E-state index contributed by atoms with van der Waals surface area (Å²) < 4.78 is 10.3. The summed E-state index contributed by atoms with van der Waals surface area (Å²) in [6.07, 6.45) is 2.31. The van der Waals surface area contributed by atoms with Crippen LogP contribution in [0.3, 0.4) is 0 Å². The minimum absolute atomic E-state index is 0.0206. The normalized spacial score (nSPS) is 11.1. The van der Waals surface area contributed by atoms with Gasteiger partial charge in [-0.25, -0.2) is 0 Å². The molecule has 1 N–H and O–H groups in total. The molecule has 2 aromatic rings. The molecule has 0 radical (unpaired) electrons. The summed E-state index contributed by atoms with van der Waals surface area (Å²) in [6, 6.07) is 19.6. The predicted molar refractivity (Wildman–Crippen MR) is 134 cm³/mol. The van der Waals surface area contributed by atoms with E-state index in [2.05, 4.69) is 24.4 Å². The molecule has 0 saturated carbocycles. The average molecular weight is 470 g/mol. The Labute approximate surface area is 204 Å². The van der Waals surface area contributed by atoms with E-state index in [1.54, 1.807) is 0 Å². The molecule has 2 rings (SSSR count). The zero-order valence-corrected chi connectivity index (χ0v) is 20.9. The Hall–Kier alpha value is -3.15. The highest BCUT2D eigenvalue weighted by molar-refractivity contribution is 5.86. The number of carbonyl (C=O) groups is 3. The minimum atomic E-state index is -0.513. The third-order valence-corrected chi connectivity index (χ3v) is 4.89. The molecule has 0 heterocycles. The summed E-state index contributed by atoms with van der Waals surface area (Å²) in [5, 5.41) is 2.58. The molecule has 0 aliphatic rings. The fraction of sp³-hybridized carbons (Fsp3) is 0.464. The first-order valence-corrected chi connectivity index (χ1v) is 12.0. The van der Waals surface area contributed by atoms with Crippen LogP contribution in [0.2, 0.25) is 0 Å². The molecular weight excluding hydrogens is 430 g/mol. The Morgan fingerprint density at radius 3 is 2.03 bits per heavy atom. The highest BCUT2D eigenvalue weighted by Gasteiger charge is 2.24. The van der Waals surface area contributed by atoms with E-state index in [1.807, 2.05) is 69.3 Å². The molecule has 0 spiro atoms. The molecule has 0 aliphatic carbocycles. The first kappa shape index (κ1) is 28.9. The fourth-order valence-electron chi connectivity index (χ4n) is 3.07. The van der Waals surface area contributed by atoms with Gasteiger partial charge in [0.25, 0.3) is 0 Å². The predicted octanol–water partition coefficient (Wildman–Crippen LogP) is 5.24. The molecule has 0 bridgehead atoms. The topological polar surface area (TPSA) is 81.7 Å². The molecular formula is C28H39NO5. The fourth-order valence-corrected chi connectivity index (χ4v) is 3.07. The number of carbonyl (C=O) groups excluding carboxylic acids is 3. The van der Waals surface area contributed by atoms with Gasteiger partial charge in [-0.15, -0.1) is 0 Å². The molecule has 1 atom stereocenters. The molecule has 1 amide bonds. The number of aryl methyl sites for hydroxylation is 1. The van der Waals surface area contributed by atoms with Gasteiger partial charge in [0.2, 0.25) is 5.91 Å². The van der Waals surface area contributed by atoms with Gasteiger partial charge >= 0.3 is 11.9 Å². The second-order valence-corrected chi connectivity index (χ2v) is 8.62. The summed E-state index contributed by atoms with van der Waals surface area (Å²) in [4.78, 5) is 36.1. The second kappa shape index (κ2) is 17.3. The van der Waals surface area contributed by atoms with Gasteiger partial charge in [-0.05, 0) is 31.2 Å². The lowest BCUT2D eigenvalue weighted by Gasteiger charge is -2.18. The van der Waals surface area contributed by atoms with Gasteiger partial charge < -0.3 is 14.8 Å². The number of unbranched alkanes of at least 4 members (excludes halogenated alkanes) is 1. The van der Waals surface area contributed by atoms with E-state index in [0.717, 1.165) is 18.4 Å². The number of nitrogens with one attached hydrogen (secondary N) is 1. The Kier molecular flexibility index (Phi) is 14.7. The first-order valence-electron chi connectivity index (χ1n) is 12.0. The van der Waals surface area contributed by atoms with Crippen LogP contribution in [0.4, 0.5) is 0 Å². The molecule has 0 aliphatic heterocycles. The second-order valence-electron chi connectivity index (χ2n) is 8.62. The summed E-state index contributed by atoms with van der Waals surface area (Å²) in [5.41, 5.74) is 2.20. The van der Waals surface area contributed by atoms with Crippen LogP contribution in [0.1, 0.15) is 57.6 Å². The summed E-state index contributed by atoms with van der Waals surface area (Å²) >= 11 is 0. The van der Waals surface area contributed by atoms with Crippen molar-refractivity contribution in [2.24, 2.45) is 11.8 Å². The number of ether oxygens (including phenoxy) is 2. The van der Waals surface area contributed by atoms with Gasteiger partial charge in [0.05, 0.1) is 13.0 Å². The smallest absolute Gasteiger partial charge is 0.325 e. The molecule has 1 unspecified atom stereocenters. The molecule has 186 valence electrons.